The third kappa shape index (κ3) is 4.37. The number of amides is 1. The van der Waals surface area contributed by atoms with Crippen molar-refractivity contribution in [2.24, 2.45) is 11.7 Å². The first-order valence-corrected chi connectivity index (χ1v) is 10.7. The number of rotatable bonds is 5. The molecule has 1 fully saturated rings. The standard InChI is InChI=1S/C21H24N6O2S/c22-10-13-5-7-27(8-6-13)18-3-2-15(23)9-16(18)25-20(29)17-12-30-21(26-17)14-1-4-19(28)24-11-14/h1-4,9,11-13H,5-8,10,22-23H2,(H,24,28)(H,25,29). The third-order valence-corrected chi connectivity index (χ3v) is 6.18. The number of pyridine rings is 1. The van der Waals surface area contributed by atoms with Crippen LogP contribution >= 0.6 is 11.3 Å². The topological polar surface area (TPSA) is 130 Å². The molecule has 0 saturated carbocycles. The predicted molar refractivity (Wildman–Crippen MR) is 120 cm³/mol. The van der Waals surface area contributed by atoms with Crippen molar-refractivity contribution in [2.75, 3.05) is 35.6 Å². The Hall–Kier alpha value is -3.17. The number of nitrogens with two attached hydrogens (primary N) is 2. The van der Waals surface area contributed by atoms with Crippen molar-refractivity contribution in [2.45, 2.75) is 12.8 Å². The second kappa shape index (κ2) is 8.68. The molecule has 0 unspecified atom stereocenters. The Morgan fingerprint density at radius 3 is 2.77 bits per heavy atom. The number of aromatic hydroxyl groups is 1. The van der Waals surface area contributed by atoms with Gasteiger partial charge in [0.15, 0.2) is 0 Å². The quantitative estimate of drug-likeness (QED) is 0.463. The number of carbonyl (C=O) groups excluding carboxylic acids is 1. The summed E-state index contributed by atoms with van der Waals surface area (Å²) >= 11 is 1.34. The molecule has 0 aliphatic carbocycles. The van der Waals surface area contributed by atoms with E-state index >= 15 is 0 Å². The number of benzene rings is 1. The SMILES string of the molecule is NCC1CCN(c2ccc(N)cc2NC(=O)c2csc(-c3ccc(O)nc3)n2)CC1. The molecule has 30 heavy (non-hydrogen) atoms. The van der Waals surface area contributed by atoms with Crippen LogP contribution in [0.2, 0.25) is 0 Å². The highest BCUT2D eigenvalue weighted by Gasteiger charge is 2.22. The number of thiazole rings is 1. The normalized spacial score (nSPS) is 14.6. The Labute approximate surface area is 178 Å². The molecule has 2 aromatic heterocycles. The first-order chi connectivity index (χ1) is 14.5. The summed E-state index contributed by atoms with van der Waals surface area (Å²) in [6.07, 6.45) is 3.59. The van der Waals surface area contributed by atoms with E-state index < -0.39 is 0 Å². The minimum atomic E-state index is -0.298. The number of anilines is 3. The maximum atomic E-state index is 12.9. The summed E-state index contributed by atoms with van der Waals surface area (Å²) < 4.78 is 0. The summed E-state index contributed by atoms with van der Waals surface area (Å²) in [7, 11) is 0. The molecular weight excluding hydrogens is 400 g/mol. The molecule has 6 N–H and O–H groups in total. The molecule has 1 aliphatic rings. The summed E-state index contributed by atoms with van der Waals surface area (Å²) in [5.74, 6) is 0.196. The lowest BCUT2D eigenvalue weighted by Gasteiger charge is -2.34. The highest BCUT2D eigenvalue weighted by atomic mass is 32.1. The van der Waals surface area contributed by atoms with Gasteiger partial charge in [0, 0.05) is 42.0 Å². The summed E-state index contributed by atoms with van der Waals surface area (Å²) in [6.45, 7) is 2.49. The van der Waals surface area contributed by atoms with Gasteiger partial charge in [-0.25, -0.2) is 9.97 Å². The smallest absolute Gasteiger partial charge is 0.275 e. The highest BCUT2D eigenvalue weighted by molar-refractivity contribution is 7.13. The van der Waals surface area contributed by atoms with Gasteiger partial charge in [0.05, 0.1) is 11.4 Å². The lowest BCUT2D eigenvalue weighted by molar-refractivity contribution is 0.102. The molecule has 156 valence electrons. The van der Waals surface area contributed by atoms with E-state index in [-0.39, 0.29) is 11.8 Å². The van der Waals surface area contributed by atoms with Crippen molar-refractivity contribution in [3.8, 4) is 16.5 Å². The molecule has 0 atom stereocenters. The average molecular weight is 425 g/mol. The largest absolute Gasteiger partial charge is 0.493 e. The molecular formula is C21H24N6O2S. The van der Waals surface area contributed by atoms with Gasteiger partial charge in [-0.15, -0.1) is 11.3 Å². The van der Waals surface area contributed by atoms with E-state index in [4.69, 9.17) is 11.5 Å². The molecule has 0 radical (unpaired) electrons. The Balaban J connectivity index is 1.52. The van der Waals surface area contributed by atoms with Gasteiger partial charge in [-0.3, -0.25) is 4.79 Å². The molecule has 3 heterocycles. The van der Waals surface area contributed by atoms with E-state index in [0.717, 1.165) is 37.2 Å². The van der Waals surface area contributed by atoms with Crippen molar-refractivity contribution < 1.29 is 9.90 Å². The van der Waals surface area contributed by atoms with E-state index in [9.17, 15) is 9.90 Å². The van der Waals surface area contributed by atoms with Gasteiger partial charge >= 0.3 is 0 Å². The highest BCUT2D eigenvalue weighted by Crippen LogP contribution is 2.32. The lowest BCUT2D eigenvalue weighted by atomic mass is 9.96. The number of aromatic nitrogens is 2. The van der Waals surface area contributed by atoms with Crippen LogP contribution in [0.5, 0.6) is 5.88 Å². The molecule has 1 saturated heterocycles. The maximum Gasteiger partial charge on any atom is 0.275 e. The van der Waals surface area contributed by atoms with E-state index in [2.05, 4.69) is 20.2 Å². The van der Waals surface area contributed by atoms with E-state index in [0.29, 0.717) is 34.5 Å². The van der Waals surface area contributed by atoms with Gasteiger partial charge in [-0.2, -0.15) is 0 Å². The van der Waals surface area contributed by atoms with Crippen molar-refractivity contribution in [1.29, 1.82) is 0 Å². The first kappa shape index (κ1) is 20.1. The molecule has 8 nitrogen and oxygen atoms in total. The molecule has 0 spiro atoms. The Morgan fingerprint density at radius 1 is 1.27 bits per heavy atom. The van der Waals surface area contributed by atoms with Crippen molar-refractivity contribution in [3.63, 3.8) is 0 Å². The fourth-order valence-electron chi connectivity index (χ4n) is 3.55. The molecule has 1 aromatic carbocycles. The summed E-state index contributed by atoms with van der Waals surface area (Å²) in [5.41, 5.74) is 15.0. The second-order valence-electron chi connectivity index (χ2n) is 7.34. The minimum Gasteiger partial charge on any atom is -0.493 e. The third-order valence-electron chi connectivity index (χ3n) is 5.29. The molecule has 0 bridgehead atoms. The van der Waals surface area contributed by atoms with Crippen LogP contribution in [0.15, 0.2) is 41.9 Å². The predicted octanol–water partition coefficient (Wildman–Crippen LogP) is 2.92. The second-order valence-corrected chi connectivity index (χ2v) is 8.20. The van der Waals surface area contributed by atoms with Crippen molar-refractivity contribution in [1.82, 2.24) is 9.97 Å². The Morgan fingerprint density at radius 2 is 2.07 bits per heavy atom. The minimum absolute atomic E-state index is 0.0574. The monoisotopic (exact) mass is 424 g/mol. The number of carbonyl (C=O) groups is 1. The molecule has 3 aromatic rings. The Kier molecular flexibility index (Phi) is 5.82. The van der Waals surface area contributed by atoms with Crippen LogP contribution in [0.25, 0.3) is 10.6 Å². The van der Waals surface area contributed by atoms with Crippen LogP contribution in [0.1, 0.15) is 23.3 Å². The van der Waals surface area contributed by atoms with Gasteiger partial charge in [-0.05, 0) is 49.6 Å². The van der Waals surface area contributed by atoms with Crippen LogP contribution in [-0.2, 0) is 0 Å². The number of hydrogen-bond donors (Lipinski definition) is 4. The fourth-order valence-corrected chi connectivity index (χ4v) is 4.34. The zero-order chi connectivity index (χ0) is 21.1. The van der Waals surface area contributed by atoms with E-state index in [1.165, 1.54) is 23.6 Å². The molecule has 4 rings (SSSR count). The van der Waals surface area contributed by atoms with Crippen molar-refractivity contribution in [3.05, 3.63) is 47.6 Å². The number of piperidine rings is 1. The molecule has 1 amide bonds. The van der Waals surface area contributed by atoms with Gasteiger partial charge in [0.2, 0.25) is 5.88 Å². The summed E-state index contributed by atoms with van der Waals surface area (Å²) in [4.78, 5) is 23.4. The average Bonchev–Trinajstić information content (AvgIpc) is 3.25. The number of nitrogen functional groups attached to an aromatic ring is 1. The molecule has 9 heteroatoms. The maximum absolute atomic E-state index is 12.9. The van der Waals surface area contributed by atoms with Gasteiger partial charge in [-0.1, -0.05) is 0 Å². The summed E-state index contributed by atoms with van der Waals surface area (Å²) in [5, 5.41) is 14.7. The van der Waals surface area contributed by atoms with Crippen LogP contribution in [-0.4, -0.2) is 40.6 Å². The van der Waals surface area contributed by atoms with Crippen LogP contribution in [0, 0.1) is 5.92 Å². The number of nitrogens with one attached hydrogen (secondary N) is 1. The van der Waals surface area contributed by atoms with Gasteiger partial charge in [0.1, 0.15) is 10.7 Å². The van der Waals surface area contributed by atoms with Crippen LogP contribution in [0.3, 0.4) is 0 Å². The lowest BCUT2D eigenvalue weighted by Crippen LogP contribution is -2.36. The number of hydrogen-bond acceptors (Lipinski definition) is 8. The van der Waals surface area contributed by atoms with Gasteiger partial charge in [0.25, 0.3) is 5.91 Å². The Bertz CT molecular complexity index is 1030. The fraction of sp³-hybridized carbons (Fsp3) is 0.286. The zero-order valence-electron chi connectivity index (χ0n) is 16.4. The number of nitrogens with zero attached hydrogens (tertiary/aromatic N) is 3. The molecule has 1 aliphatic heterocycles. The first-order valence-electron chi connectivity index (χ1n) is 9.80. The van der Waals surface area contributed by atoms with Crippen molar-refractivity contribution >= 4 is 34.3 Å². The van der Waals surface area contributed by atoms with E-state index in [1.807, 2.05) is 12.1 Å². The van der Waals surface area contributed by atoms with Crippen LogP contribution < -0.4 is 21.7 Å². The van der Waals surface area contributed by atoms with Gasteiger partial charge < -0.3 is 26.8 Å². The van der Waals surface area contributed by atoms with E-state index in [1.54, 1.807) is 17.5 Å². The van der Waals surface area contributed by atoms with Crippen LogP contribution in [0.4, 0.5) is 17.1 Å². The zero-order valence-corrected chi connectivity index (χ0v) is 17.2. The summed E-state index contributed by atoms with van der Waals surface area (Å²) in [6, 6.07) is 8.77.